The van der Waals surface area contributed by atoms with Crippen molar-refractivity contribution in [2.45, 2.75) is 51.9 Å². The third kappa shape index (κ3) is 2.25. The smallest absolute Gasteiger partial charge is 0.0780 e. The fourth-order valence-corrected chi connectivity index (χ4v) is 3.35. The van der Waals surface area contributed by atoms with Gasteiger partial charge in [0.2, 0.25) is 0 Å². The quantitative estimate of drug-likeness (QED) is 0.840. The number of thiophene rings is 1. The molecule has 0 bridgehead atoms. The van der Waals surface area contributed by atoms with Crippen LogP contribution in [0.25, 0.3) is 0 Å². The number of hydrogen-bond donors (Lipinski definition) is 1. The van der Waals surface area contributed by atoms with Gasteiger partial charge in [-0.05, 0) is 45.2 Å². The number of ether oxygens (including phenoxy) is 1. The number of rotatable bonds is 2. The Hall–Kier alpha value is -0.380. The van der Waals surface area contributed by atoms with Gasteiger partial charge in [0.25, 0.3) is 0 Å². The summed E-state index contributed by atoms with van der Waals surface area (Å²) >= 11 is 1.81. The van der Waals surface area contributed by atoms with E-state index in [0.29, 0.717) is 6.10 Å². The van der Waals surface area contributed by atoms with Crippen LogP contribution in [0.15, 0.2) is 6.07 Å². The van der Waals surface area contributed by atoms with Crippen LogP contribution in [0.2, 0.25) is 0 Å². The molecule has 3 atom stereocenters. The van der Waals surface area contributed by atoms with Gasteiger partial charge in [-0.2, -0.15) is 0 Å². The highest BCUT2D eigenvalue weighted by Gasteiger charge is 2.29. The van der Waals surface area contributed by atoms with E-state index in [0.717, 1.165) is 12.8 Å². The number of aryl methyl sites for hydroxylation is 2. The molecule has 1 saturated heterocycles. The molecule has 2 heterocycles. The topological polar surface area (TPSA) is 35.2 Å². The number of nitrogens with two attached hydrogens (primary N) is 1. The van der Waals surface area contributed by atoms with Gasteiger partial charge in [-0.15, -0.1) is 11.3 Å². The molecule has 0 radical (unpaired) electrons. The Morgan fingerprint density at radius 3 is 2.67 bits per heavy atom. The first-order chi connectivity index (χ1) is 7.08. The molecule has 84 valence electrons. The fourth-order valence-electron chi connectivity index (χ4n) is 2.26. The van der Waals surface area contributed by atoms with E-state index in [1.165, 1.54) is 15.3 Å². The predicted octanol–water partition coefficient (Wildman–Crippen LogP) is 2.93. The highest BCUT2D eigenvalue weighted by Crippen LogP contribution is 2.33. The minimum absolute atomic E-state index is 0.0636. The minimum Gasteiger partial charge on any atom is -0.373 e. The summed E-state index contributed by atoms with van der Waals surface area (Å²) in [6.45, 7) is 6.39. The van der Waals surface area contributed by atoms with Gasteiger partial charge in [0, 0.05) is 9.75 Å². The molecule has 1 aromatic heterocycles. The average Bonchev–Trinajstić information content (AvgIpc) is 2.71. The molecule has 1 aromatic rings. The van der Waals surface area contributed by atoms with Crippen LogP contribution in [0.5, 0.6) is 0 Å². The van der Waals surface area contributed by atoms with Crippen LogP contribution in [-0.2, 0) is 4.74 Å². The Labute approximate surface area is 95.4 Å². The minimum atomic E-state index is 0.0636. The van der Waals surface area contributed by atoms with Crippen LogP contribution in [0.3, 0.4) is 0 Å². The molecule has 2 rings (SSSR count). The number of hydrogen-bond acceptors (Lipinski definition) is 3. The van der Waals surface area contributed by atoms with Crippen LogP contribution in [-0.4, -0.2) is 12.2 Å². The molecule has 15 heavy (non-hydrogen) atoms. The van der Waals surface area contributed by atoms with E-state index in [-0.39, 0.29) is 12.1 Å². The van der Waals surface area contributed by atoms with Crippen LogP contribution in [0.4, 0.5) is 0 Å². The first kappa shape index (κ1) is 11.1. The molecule has 2 N–H and O–H groups in total. The van der Waals surface area contributed by atoms with Crippen molar-refractivity contribution in [2.24, 2.45) is 5.73 Å². The van der Waals surface area contributed by atoms with Crippen molar-refractivity contribution in [2.75, 3.05) is 0 Å². The third-order valence-corrected chi connectivity index (χ3v) is 4.30. The van der Waals surface area contributed by atoms with E-state index in [4.69, 9.17) is 10.5 Å². The highest BCUT2D eigenvalue weighted by molar-refractivity contribution is 7.12. The molecular weight excluding hydrogens is 206 g/mol. The summed E-state index contributed by atoms with van der Waals surface area (Å²) < 4.78 is 5.82. The van der Waals surface area contributed by atoms with Crippen LogP contribution in [0.1, 0.15) is 41.1 Å². The lowest BCUT2D eigenvalue weighted by Crippen LogP contribution is -2.26. The van der Waals surface area contributed by atoms with E-state index < -0.39 is 0 Å². The Balaban J connectivity index is 2.13. The summed E-state index contributed by atoms with van der Waals surface area (Å²) in [5, 5.41) is 0. The first-order valence-corrected chi connectivity index (χ1v) is 6.37. The molecule has 3 heteroatoms. The zero-order chi connectivity index (χ0) is 11.0. The van der Waals surface area contributed by atoms with Gasteiger partial charge in [0.15, 0.2) is 0 Å². The lowest BCUT2D eigenvalue weighted by atomic mass is 10.0. The van der Waals surface area contributed by atoms with Crippen molar-refractivity contribution >= 4 is 11.3 Å². The van der Waals surface area contributed by atoms with Crippen molar-refractivity contribution in [1.82, 2.24) is 0 Å². The van der Waals surface area contributed by atoms with Crippen LogP contribution in [0, 0.1) is 13.8 Å². The van der Waals surface area contributed by atoms with Crippen LogP contribution < -0.4 is 5.73 Å². The standard InChI is InChI=1S/C12H19NOS/c1-7-6-9(3)15-12(7)11(13)10-5-4-8(2)14-10/h6,8,10-11H,4-5,13H2,1-3H3. The zero-order valence-corrected chi connectivity index (χ0v) is 10.4. The molecule has 1 aliphatic heterocycles. The summed E-state index contributed by atoms with van der Waals surface area (Å²) in [7, 11) is 0. The van der Waals surface area contributed by atoms with Gasteiger partial charge in [-0.25, -0.2) is 0 Å². The van der Waals surface area contributed by atoms with E-state index in [2.05, 4.69) is 26.8 Å². The second kappa shape index (κ2) is 4.24. The maximum Gasteiger partial charge on any atom is 0.0780 e. The molecule has 1 fully saturated rings. The Bertz CT molecular complexity index is 347. The van der Waals surface area contributed by atoms with Crippen molar-refractivity contribution < 1.29 is 4.74 Å². The second-order valence-electron chi connectivity index (χ2n) is 4.49. The summed E-state index contributed by atoms with van der Waals surface area (Å²) in [6, 6.07) is 2.27. The Kier molecular flexibility index (Phi) is 3.14. The van der Waals surface area contributed by atoms with Crippen molar-refractivity contribution in [1.29, 1.82) is 0 Å². The normalized spacial score (nSPS) is 28.3. The molecule has 0 amide bonds. The van der Waals surface area contributed by atoms with E-state index in [9.17, 15) is 0 Å². The van der Waals surface area contributed by atoms with Gasteiger partial charge in [0.05, 0.1) is 18.2 Å². The van der Waals surface area contributed by atoms with Crippen molar-refractivity contribution in [3.05, 3.63) is 21.4 Å². The van der Waals surface area contributed by atoms with Gasteiger partial charge in [-0.1, -0.05) is 0 Å². The van der Waals surface area contributed by atoms with E-state index in [1.807, 2.05) is 0 Å². The summed E-state index contributed by atoms with van der Waals surface area (Å²) in [5.74, 6) is 0. The third-order valence-electron chi connectivity index (χ3n) is 3.05. The molecule has 3 unspecified atom stereocenters. The maximum atomic E-state index is 6.26. The first-order valence-electron chi connectivity index (χ1n) is 5.56. The van der Waals surface area contributed by atoms with Crippen molar-refractivity contribution in [3.8, 4) is 0 Å². The van der Waals surface area contributed by atoms with Crippen molar-refractivity contribution in [3.63, 3.8) is 0 Å². The van der Waals surface area contributed by atoms with Gasteiger partial charge >= 0.3 is 0 Å². The van der Waals surface area contributed by atoms with Gasteiger partial charge < -0.3 is 10.5 Å². The van der Waals surface area contributed by atoms with E-state index >= 15 is 0 Å². The monoisotopic (exact) mass is 225 g/mol. The summed E-state index contributed by atoms with van der Waals surface area (Å²) in [5.41, 5.74) is 7.58. The Morgan fingerprint density at radius 2 is 2.20 bits per heavy atom. The molecule has 0 saturated carbocycles. The second-order valence-corrected chi connectivity index (χ2v) is 5.78. The SMILES string of the molecule is Cc1cc(C)c(C(N)C2CCC(C)O2)s1. The molecular formula is C12H19NOS. The molecule has 1 aliphatic rings. The maximum absolute atomic E-state index is 6.26. The van der Waals surface area contributed by atoms with Gasteiger partial charge in [0.1, 0.15) is 0 Å². The lowest BCUT2D eigenvalue weighted by molar-refractivity contribution is 0.0407. The highest BCUT2D eigenvalue weighted by atomic mass is 32.1. The molecule has 2 nitrogen and oxygen atoms in total. The Morgan fingerprint density at radius 1 is 1.47 bits per heavy atom. The molecule has 0 spiro atoms. The molecule has 0 aliphatic carbocycles. The lowest BCUT2D eigenvalue weighted by Gasteiger charge is -2.19. The van der Waals surface area contributed by atoms with Crippen LogP contribution >= 0.6 is 11.3 Å². The van der Waals surface area contributed by atoms with E-state index in [1.54, 1.807) is 11.3 Å². The predicted molar refractivity (Wildman–Crippen MR) is 64.3 cm³/mol. The fraction of sp³-hybridized carbons (Fsp3) is 0.667. The van der Waals surface area contributed by atoms with Gasteiger partial charge in [-0.3, -0.25) is 0 Å². The summed E-state index contributed by atoms with van der Waals surface area (Å²) in [6.07, 6.45) is 2.83. The largest absolute Gasteiger partial charge is 0.373 e. The summed E-state index contributed by atoms with van der Waals surface area (Å²) in [4.78, 5) is 2.63. The average molecular weight is 225 g/mol. The molecule has 0 aromatic carbocycles. The zero-order valence-electron chi connectivity index (χ0n) is 9.62.